The number of nitriles is 2. The number of aliphatic imine (C=N–C) groups is 1. The van der Waals surface area contributed by atoms with E-state index in [1.165, 1.54) is 12.5 Å². The molecule has 0 amide bonds. The smallest absolute Gasteiger partial charge is 0.174 e. The molecule has 1 aromatic rings. The van der Waals surface area contributed by atoms with Crippen molar-refractivity contribution in [3.8, 4) is 12.1 Å². The molecule has 1 rings (SSSR count). The van der Waals surface area contributed by atoms with Crippen LogP contribution in [0.25, 0.3) is 0 Å². The quantitative estimate of drug-likeness (QED) is 0.548. The summed E-state index contributed by atoms with van der Waals surface area (Å²) in [6.45, 7) is 0. The second kappa shape index (κ2) is 4.48. The fraction of sp³-hybridized carbons (Fsp3) is 0. The average Bonchev–Trinajstić information content (AvgIpc) is 2.71. The first-order chi connectivity index (χ1) is 6.77. The van der Waals surface area contributed by atoms with Crippen molar-refractivity contribution in [1.82, 2.24) is 0 Å². The molecule has 0 radical (unpaired) electrons. The van der Waals surface area contributed by atoms with Gasteiger partial charge in [0.25, 0.3) is 0 Å². The lowest BCUT2D eigenvalue weighted by Crippen LogP contribution is -1.97. The third kappa shape index (κ3) is 2.23. The molecule has 0 aromatic carbocycles. The Kier molecular flexibility index (Phi) is 3.06. The molecule has 2 N–H and O–H groups in total. The third-order valence-electron chi connectivity index (χ3n) is 1.35. The highest BCUT2D eigenvalue weighted by molar-refractivity contribution is 5.77. The van der Waals surface area contributed by atoms with Crippen molar-refractivity contribution < 1.29 is 4.42 Å². The van der Waals surface area contributed by atoms with Crippen LogP contribution in [0, 0.1) is 22.7 Å². The zero-order chi connectivity index (χ0) is 10.4. The summed E-state index contributed by atoms with van der Waals surface area (Å²) < 4.78 is 4.94. The molecular formula is C9H6N4O. The Balaban J connectivity index is 2.89. The van der Waals surface area contributed by atoms with E-state index in [-0.39, 0.29) is 11.4 Å². The Morgan fingerprint density at radius 1 is 1.50 bits per heavy atom. The van der Waals surface area contributed by atoms with Gasteiger partial charge in [0, 0.05) is 0 Å². The van der Waals surface area contributed by atoms with Gasteiger partial charge in [0.1, 0.15) is 23.6 Å². The second-order valence-electron chi connectivity index (χ2n) is 2.26. The molecule has 0 aliphatic heterocycles. The van der Waals surface area contributed by atoms with Crippen LogP contribution in [0.5, 0.6) is 0 Å². The summed E-state index contributed by atoms with van der Waals surface area (Å²) in [5, 5.41) is 17.0. The van der Waals surface area contributed by atoms with Gasteiger partial charge < -0.3 is 10.2 Å². The Morgan fingerprint density at radius 3 is 2.79 bits per heavy atom. The van der Waals surface area contributed by atoms with E-state index < -0.39 is 0 Å². The van der Waals surface area contributed by atoms with Crippen molar-refractivity contribution in [2.24, 2.45) is 10.7 Å². The van der Waals surface area contributed by atoms with Gasteiger partial charge >= 0.3 is 0 Å². The molecular weight excluding hydrogens is 180 g/mol. The summed E-state index contributed by atoms with van der Waals surface area (Å²) in [4.78, 5) is 3.71. The monoisotopic (exact) mass is 186 g/mol. The first-order valence-electron chi connectivity index (χ1n) is 3.65. The summed E-state index contributed by atoms with van der Waals surface area (Å²) in [5.41, 5.74) is 4.88. The molecule has 0 fully saturated rings. The minimum Gasteiger partial charge on any atom is -0.463 e. The van der Waals surface area contributed by atoms with Crippen LogP contribution >= 0.6 is 0 Å². The Labute approximate surface area is 80.4 Å². The summed E-state index contributed by atoms with van der Waals surface area (Å²) in [6, 6.07) is 6.70. The van der Waals surface area contributed by atoms with Crippen LogP contribution in [-0.4, -0.2) is 6.21 Å². The number of rotatable bonds is 2. The molecule has 0 saturated heterocycles. The zero-order valence-electron chi connectivity index (χ0n) is 7.14. The topological polar surface area (TPSA) is 99.1 Å². The van der Waals surface area contributed by atoms with E-state index >= 15 is 0 Å². The van der Waals surface area contributed by atoms with Crippen molar-refractivity contribution in [3.05, 3.63) is 35.6 Å². The van der Waals surface area contributed by atoms with Gasteiger partial charge in [-0.1, -0.05) is 0 Å². The van der Waals surface area contributed by atoms with Crippen LogP contribution in [-0.2, 0) is 0 Å². The number of allylic oxidation sites excluding steroid dienone is 2. The minimum absolute atomic E-state index is 0.121. The van der Waals surface area contributed by atoms with Crippen molar-refractivity contribution >= 4 is 6.21 Å². The summed E-state index contributed by atoms with van der Waals surface area (Å²) >= 11 is 0. The molecule has 0 aliphatic rings. The number of furan rings is 1. The van der Waals surface area contributed by atoms with E-state index in [1.54, 1.807) is 24.3 Å². The first kappa shape index (κ1) is 9.56. The van der Waals surface area contributed by atoms with Crippen LogP contribution in [0.4, 0.5) is 0 Å². The van der Waals surface area contributed by atoms with Crippen LogP contribution in [0.1, 0.15) is 5.76 Å². The van der Waals surface area contributed by atoms with Crippen molar-refractivity contribution in [1.29, 1.82) is 10.5 Å². The number of hydrogen-bond acceptors (Lipinski definition) is 5. The Hall–Kier alpha value is -2.53. The zero-order valence-corrected chi connectivity index (χ0v) is 7.14. The minimum atomic E-state index is -0.213. The lowest BCUT2D eigenvalue weighted by atomic mass is 10.4. The molecule has 1 heterocycles. The molecule has 0 saturated carbocycles. The van der Waals surface area contributed by atoms with Gasteiger partial charge in [0.15, 0.2) is 5.70 Å². The predicted molar refractivity (Wildman–Crippen MR) is 48.7 cm³/mol. The van der Waals surface area contributed by atoms with Crippen LogP contribution < -0.4 is 5.73 Å². The largest absolute Gasteiger partial charge is 0.463 e. The maximum atomic E-state index is 8.57. The molecule has 5 heteroatoms. The molecule has 14 heavy (non-hydrogen) atoms. The van der Waals surface area contributed by atoms with Gasteiger partial charge in [-0.05, 0) is 12.1 Å². The van der Waals surface area contributed by atoms with Crippen molar-refractivity contribution in [2.45, 2.75) is 0 Å². The highest BCUT2D eigenvalue weighted by Crippen LogP contribution is 2.01. The van der Waals surface area contributed by atoms with E-state index in [0.29, 0.717) is 5.76 Å². The normalized spacial score (nSPS) is 11.9. The summed E-state index contributed by atoms with van der Waals surface area (Å²) in [5.74, 6) is 0.489. The maximum Gasteiger partial charge on any atom is 0.174 e. The molecule has 1 aromatic heterocycles. The lowest BCUT2D eigenvalue weighted by molar-refractivity contribution is 0.560. The number of nitrogens with two attached hydrogens (primary N) is 1. The number of hydrogen-bond donors (Lipinski definition) is 1. The molecule has 0 spiro atoms. The summed E-state index contributed by atoms with van der Waals surface area (Å²) in [6.07, 6.45) is 2.80. The van der Waals surface area contributed by atoms with Gasteiger partial charge in [-0.3, -0.25) is 0 Å². The fourth-order valence-corrected chi connectivity index (χ4v) is 0.704. The Bertz CT molecular complexity index is 442. The van der Waals surface area contributed by atoms with E-state index in [4.69, 9.17) is 20.7 Å². The standard InChI is InChI=1S/C9H6N4O/c10-4-8(12)9(5-11)13-6-7-2-1-3-14-7/h1-3,6H,12H2/b9-8-,13-6?. The van der Waals surface area contributed by atoms with Gasteiger partial charge in [0.2, 0.25) is 0 Å². The van der Waals surface area contributed by atoms with Gasteiger partial charge in [0.05, 0.1) is 12.5 Å². The molecule has 68 valence electrons. The fourth-order valence-electron chi connectivity index (χ4n) is 0.704. The molecule has 0 bridgehead atoms. The highest BCUT2D eigenvalue weighted by Gasteiger charge is 1.98. The third-order valence-corrected chi connectivity index (χ3v) is 1.35. The SMILES string of the molecule is N#C/C(N)=C(\C#N)N=Cc1ccco1. The molecule has 5 nitrogen and oxygen atoms in total. The van der Waals surface area contributed by atoms with E-state index in [2.05, 4.69) is 4.99 Å². The highest BCUT2D eigenvalue weighted by atomic mass is 16.3. The average molecular weight is 186 g/mol. The van der Waals surface area contributed by atoms with E-state index in [0.717, 1.165) is 0 Å². The molecule has 0 unspecified atom stereocenters. The van der Waals surface area contributed by atoms with Crippen molar-refractivity contribution in [3.63, 3.8) is 0 Å². The van der Waals surface area contributed by atoms with Crippen molar-refractivity contribution in [2.75, 3.05) is 0 Å². The molecule has 0 aliphatic carbocycles. The van der Waals surface area contributed by atoms with E-state index in [1.807, 2.05) is 0 Å². The van der Waals surface area contributed by atoms with Crippen LogP contribution in [0.3, 0.4) is 0 Å². The Morgan fingerprint density at radius 2 is 2.29 bits per heavy atom. The molecule has 0 atom stereocenters. The predicted octanol–water partition coefficient (Wildman–Crippen LogP) is 0.916. The van der Waals surface area contributed by atoms with Crippen LogP contribution in [0.2, 0.25) is 0 Å². The lowest BCUT2D eigenvalue weighted by Gasteiger charge is -1.88. The van der Waals surface area contributed by atoms with Gasteiger partial charge in [-0.2, -0.15) is 10.5 Å². The summed E-state index contributed by atoms with van der Waals surface area (Å²) in [7, 11) is 0. The number of nitrogens with zero attached hydrogens (tertiary/aromatic N) is 3. The second-order valence-corrected chi connectivity index (χ2v) is 2.26. The van der Waals surface area contributed by atoms with Crippen LogP contribution in [0.15, 0.2) is 39.2 Å². The van der Waals surface area contributed by atoms with Gasteiger partial charge in [-0.25, -0.2) is 4.99 Å². The maximum absolute atomic E-state index is 8.57. The van der Waals surface area contributed by atoms with E-state index in [9.17, 15) is 0 Å². The first-order valence-corrected chi connectivity index (χ1v) is 3.65. The van der Waals surface area contributed by atoms with Gasteiger partial charge in [-0.15, -0.1) is 0 Å².